The largest absolute Gasteiger partial charge is 0.299 e. The average molecular weight is 252 g/mol. The second-order valence-corrected chi connectivity index (χ2v) is 6.92. The molecule has 0 aromatic carbocycles. The highest BCUT2D eigenvalue weighted by Gasteiger charge is 2.40. The fourth-order valence-electron chi connectivity index (χ4n) is 4.06. The quantitative estimate of drug-likeness (QED) is 0.612. The number of carbonyl (C=O) groups is 1. The Balaban J connectivity index is 2.83. The van der Waals surface area contributed by atoms with Gasteiger partial charge in [-0.15, -0.1) is 0 Å². The van der Waals surface area contributed by atoms with Crippen LogP contribution in [0.1, 0.15) is 79.6 Å². The molecule has 0 saturated heterocycles. The molecule has 1 heteroatoms. The first-order valence-corrected chi connectivity index (χ1v) is 7.94. The summed E-state index contributed by atoms with van der Waals surface area (Å²) >= 11 is 0. The van der Waals surface area contributed by atoms with Gasteiger partial charge < -0.3 is 0 Å². The Bertz CT molecular complexity index is 269. The maximum absolute atomic E-state index is 12.2. The summed E-state index contributed by atoms with van der Waals surface area (Å²) in [6, 6.07) is 0. The second kappa shape index (κ2) is 6.73. The lowest BCUT2D eigenvalue weighted by molar-refractivity contribution is -0.128. The molecule has 0 heterocycles. The van der Waals surface area contributed by atoms with E-state index in [2.05, 4.69) is 27.7 Å². The topological polar surface area (TPSA) is 17.1 Å². The lowest BCUT2D eigenvalue weighted by Crippen LogP contribution is -2.31. The van der Waals surface area contributed by atoms with Crippen LogP contribution in [0.15, 0.2) is 0 Å². The van der Waals surface area contributed by atoms with Gasteiger partial charge >= 0.3 is 0 Å². The van der Waals surface area contributed by atoms with Gasteiger partial charge in [-0.05, 0) is 50.4 Å². The number of hydrogen-bond acceptors (Lipinski definition) is 1. The van der Waals surface area contributed by atoms with Gasteiger partial charge in [-0.2, -0.15) is 0 Å². The zero-order valence-corrected chi connectivity index (χ0v) is 13.1. The SMILES string of the molecule is CCCCC1(C(C)=O)CCCC(C(C)C)C(C)C1. The van der Waals surface area contributed by atoms with E-state index >= 15 is 0 Å². The number of carbonyl (C=O) groups excluding carboxylic acids is 1. The number of ketones is 1. The molecule has 0 amide bonds. The second-order valence-electron chi connectivity index (χ2n) is 6.92. The van der Waals surface area contributed by atoms with E-state index in [0.29, 0.717) is 11.7 Å². The molecular weight excluding hydrogens is 220 g/mol. The number of hydrogen-bond donors (Lipinski definition) is 0. The van der Waals surface area contributed by atoms with Crippen molar-refractivity contribution in [2.75, 3.05) is 0 Å². The number of unbranched alkanes of at least 4 members (excludes halogenated alkanes) is 1. The first-order valence-electron chi connectivity index (χ1n) is 7.94. The van der Waals surface area contributed by atoms with Crippen molar-refractivity contribution in [1.82, 2.24) is 0 Å². The Hall–Kier alpha value is -0.330. The van der Waals surface area contributed by atoms with Crippen molar-refractivity contribution in [3.05, 3.63) is 0 Å². The van der Waals surface area contributed by atoms with Crippen molar-refractivity contribution in [3.8, 4) is 0 Å². The minimum atomic E-state index is 0.0130. The van der Waals surface area contributed by atoms with Crippen molar-refractivity contribution in [1.29, 1.82) is 0 Å². The molecule has 1 saturated carbocycles. The van der Waals surface area contributed by atoms with Crippen LogP contribution in [0.25, 0.3) is 0 Å². The Labute approximate surface area is 114 Å². The van der Waals surface area contributed by atoms with Gasteiger partial charge in [0.1, 0.15) is 5.78 Å². The lowest BCUT2D eigenvalue weighted by Gasteiger charge is -2.34. The summed E-state index contributed by atoms with van der Waals surface area (Å²) in [6.45, 7) is 11.1. The summed E-state index contributed by atoms with van der Waals surface area (Å²) in [5.41, 5.74) is 0.0130. The van der Waals surface area contributed by atoms with Gasteiger partial charge in [-0.3, -0.25) is 4.79 Å². The molecule has 1 rings (SSSR count). The molecule has 1 aliphatic carbocycles. The van der Waals surface area contributed by atoms with Gasteiger partial charge in [0.25, 0.3) is 0 Å². The zero-order valence-electron chi connectivity index (χ0n) is 13.1. The molecule has 1 aliphatic rings. The molecule has 0 aliphatic heterocycles. The van der Waals surface area contributed by atoms with Crippen LogP contribution >= 0.6 is 0 Å². The maximum Gasteiger partial charge on any atom is 0.135 e. The number of rotatable bonds is 5. The number of Topliss-reactive ketones (excluding diaryl/α,β-unsaturated/α-hetero) is 1. The molecule has 3 unspecified atom stereocenters. The molecule has 0 aromatic heterocycles. The van der Waals surface area contributed by atoms with Crippen LogP contribution in [0.5, 0.6) is 0 Å². The van der Waals surface area contributed by atoms with Crippen molar-refractivity contribution in [2.45, 2.75) is 79.6 Å². The Morgan fingerprint density at radius 2 is 2.06 bits per heavy atom. The van der Waals surface area contributed by atoms with Gasteiger partial charge in [0, 0.05) is 5.41 Å². The predicted octanol–water partition coefficient (Wildman–Crippen LogP) is 5.23. The molecule has 0 bridgehead atoms. The molecule has 0 radical (unpaired) electrons. The smallest absolute Gasteiger partial charge is 0.135 e. The molecule has 1 fully saturated rings. The Morgan fingerprint density at radius 1 is 1.39 bits per heavy atom. The van der Waals surface area contributed by atoms with Gasteiger partial charge in [0.05, 0.1) is 0 Å². The first kappa shape index (κ1) is 15.7. The van der Waals surface area contributed by atoms with Gasteiger partial charge in [0.2, 0.25) is 0 Å². The van der Waals surface area contributed by atoms with E-state index in [1.165, 1.54) is 25.7 Å². The van der Waals surface area contributed by atoms with E-state index in [4.69, 9.17) is 0 Å². The summed E-state index contributed by atoms with van der Waals surface area (Å²) in [4.78, 5) is 12.2. The monoisotopic (exact) mass is 252 g/mol. The fraction of sp³-hybridized carbons (Fsp3) is 0.941. The highest BCUT2D eigenvalue weighted by Crippen LogP contribution is 2.46. The molecule has 3 atom stereocenters. The summed E-state index contributed by atoms with van der Waals surface area (Å²) in [5.74, 6) is 2.72. The van der Waals surface area contributed by atoms with Crippen molar-refractivity contribution in [3.63, 3.8) is 0 Å². The van der Waals surface area contributed by atoms with Gasteiger partial charge in [-0.1, -0.05) is 47.0 Å². The van der Waals surface area contributed by atoms with Gasteiger partial charge in [-0.25, -0.2) is 0 Å². The normalized spacial score (nSPS) is 33.4. The highest BCUT2D eigenvalue weighted by atomic mass is 16.1. The zero-order chi connectivity index (χ0) is 13.8. The fourth-order valence-corrected chi connectivity index (χ4v) is 4.06. The van der Waals surface area contributed by atoms with Crippen molar-refractivity contribution >= 4 is 5.78 Å². The third-order valence-electron chi connectivity index (χ3n) is 5.25. The van der Waals surface area contributed by atoms with E-state index < -0.39 is 0 Å². The summed E-state index contributed by atoms with van der Waals surface area (Å²) in [7, 11) is 0. The highest BCUT2D eigenvalue weighted by molar-refractivity contribution is 5.82. The van der Waals surface area contributed by atoms with Crippen LogP contribution < -0.4 is 0 Å². The van der Waals surface area contributed by atoms with E-state index in [9.17, 15) is 4.79 Å². The van der Waals surface area contributed by atoms with E-state index in [1.807, 2.05) is 6.92 Å². The van der Waals surface area contributed by atoms with Crippen LogP contribution in [0.4, 0.5) is 0 Å². The van der Waals surface area contributed by atoms with Crippen LogP contribution in [0.3, 0.4) is 0 Å². The van der Waals surface area contributed by atoms with Crippen LogP contribution in [-0.4, -0.2) is 5.78 Å². The van der Waals surface area contributed by atoms with Crippen LogP contribution in [0.2, 0.25) is 0 Å². The summed E-state index contributed by atoms with van der Waals surface area (Å²) < 4.78 is 0. The van der Waals surface area contributed by atoms with Crippen LogP contribution in [0, 0.1) is 23.2 Å². The van der Waals surface area contributed by atoms with Gasteiger partial charge in [0.15, 0.2) is 0 Å². The average Bonchev–Trinajstić information content (AvgIpc) is 2.46. The molecule has 0 spiro atoms. The minimum absolute atomic E-state index is 0.0130. The lowest BCUT2D eigenvalue weighted by atomic mass is 9.70. The van der Waals surface area contributed by atoms with E-state index in [-0.39, 0.29) is 5.41 Å². The molecule has 0 N–H and O–H groups in total. The molecule has 106 valence electrons. The molecule has 1 nitrogen and oxygen atoms in total. The first-order chi connectivity index (χ1) is 8.43. The minimum Gasteiger partial charge on any atom is -0.299 e. The standard InChI is InChI=1S/C17H32O/c1-6-7-10-17(15(5)18)11-8-9-16(13(2)3)14(4)12-17/h13-14,16H,6-12H2,1-5H3. The predicted molar refractivity (Wildman–Crippen MR) is 78.6 cm³/mol. The third kappa shape index (κ3) is 3.59. The van der Waals surface area contributed by atoms with Crippen LogP contribution in [-0.2, 0) is 4.79 Å². The van der Waals surface area contributed by atoms with Crippen molar-refractivity contribution in [2.24, 2.45) is 23.2 Å². The molecular formula is C17H32O. The van der Waals surface area contributed by atoms with E-state index in [0.717, 1.165) is 31.1 Å². The van der Waals surface area contributed by atoms with E-state index in [1.54, 1.807) is 0 Å². The summed E-state index contributed by atoms with van der Waals surface area (Å²) in [6.07, 6.45) is 8.36. The molecule has 18 heavy (non-hydrogen) atoms. The summed E-state index contributed by atoms with van der Waals surface area (Å²) in [5, 5.41) is 0. The third-order valence-corrected chi connectivity index (χ3v) is 5.25. The van der Waals surface area contributed by atoms with Crippen molar-refractivity contribution < 1.29 is 4.79 Å². The Kier molecular flexibility index (Phi) is 5.88. The molecule has 0 aromatic rings. The Morgan fingerprint density at radius 3 is 2.56 bits per heavy atom. The maximum atomic E-state index is 12.2.